The quantitative estimate of drug-likeness (QED) is 0.615. The molecular weight excluding hydrogens is 366 g/mol. The van der Waals surface area contributed by atoms with E-state index in [0.717, 1.165) is 17.5 Å². The van der Waals surface area contributed by atoms with Crippen LogP contribution in [0.4, 0.5) is 0 Å². The summed E-state index contributed by atoms with van der Waals surface area (Å²) in [5, 5.41) is 4.55. The van der Waals surface area contributed by atoms with Crippen molar-refractivity contribution in [2.45, 2.75) is 19.9 Å². The van der Waals surface area contributed by atoms with Crippen molar-refractivity contribution >= 4 is 17.5 Å². The highest BCUT2D eigenvalue weighted by molar-refractivity contribution is 6.30. The lowest BCUT2D eigenvalue weighted by Gasteiger charge is -2.17. The summed E-state index contributed by atoms with van der Waals surface area (Å²) in [6.45, 7) is 2.42. The highest BCUT2D eigenvalue weighted by Crippen LogP contribution is 2.21. The van der Waals surface area contributed by atoms with Gasteiger partial charge in [0, 0.05) is 30.6 Å². The van der Waals surface area contributed by atoms with E-state index in [1.165, 1.54) is 0 Å². The van der Waals surface area contributed by atoms with E-state index in [1.807, 2.05) is 31.2 Å². The predicted octanol–water partition coefficient (Wildman–Crippen LogP) is 3.99. The second kappa shape index (κ2) is 8.68. The Hall–Kier alpha value is -2.86. The normalized spacial score (nSPS) is 10.6. The number of hydrogen-bond donors (Lipinski definition) is 0. The minimum Gasteiger partial charge on any atom is -0.484 e. The van der Waals surface area contributed by atoms with Crippen molar-refractivity contribution in [1.29, 1.82) is 0 Å². The van der Waals surface area contributed by atoms with Crippen LogP contribution in [-0.4, -0.2) is 34.6 Å². The van der Waals surface area contributed by atoms with Crippen LogP contribution in [0, 0.1) is 0 Å². The van der Waals surface area contributed by atoms with Crippen molar-refractivity contribution < 1.29 is 14.1 Å². The van der Waals surface area contributed by atoms with Crippen molar-refractivity contribution in [3.05, 3.63) is 64.9 Å². The maximum atomic E-state index is 12.3. The molecule has 0 unspecified atom stereocenters. The first-order valence-corrected chi connectivity index (χ1v) is 8.97. The number of likely N-dealkylation sites (N-methyl/N-ethyl adjacent to an activating group) is 1. The van der Waals surface area contributed by atoms with E-state index < -0.39 is 0 Å². The van der Waals surface area contributed by atoms with Crippen molar-refractivity contribution in [3.63, 3.8) is 0 Å². The molecule has 0 atom stereocenters. The molecule has 3 rings (SSSR count). The van der Waals surface area contributed by atoms with Gasteiger partial charge in [-0.2, -0.15) is 4.98 Å². The van der Waals surface area contributed by atoms with Crippen LogP contribution in [0.3, 0.4) is 0 Å². The molecular formula is C20H20ClN3O3. The average molecular weight is 386 g/mol. The number of amides is 1. The standard InChI is InChI=1S/C20H20ClN3O3/c1-3-18-22-20(27-23-18)15-6-10-17(11-7-15)26-13-19(25)24(2)12-14-4-8-16(21)9-5-14/h4-11H,3,12-13H2,1-2H3. The zero-order valence-corrected chi connectivity index (χ0v) is 15.9. The number of halogens is 1. The van der Waals surface area contributed by atoms with Gasteiger partial charge in [-0.15, -0.1) is 0 Å². The summed E-state index contributed by atoms with van der Waals surface area (Å²) >= 11 is 5.87. The van der Waals surface area contributed by atoms with Gasteiger partial charge in [0.15, 0.2) is 12.4 Å². The van der Waals surface area contributed by atoms with Crippen LogP contribution in [0.25, 0.3) is 11.5 Å². The molecule has 0 saturated carbocycles. The molecule has 2 aromatic carbocycles. The molecule has 0 spiro atoms. The van der Waals surface area contributed by atoms with Crippen molar-refractivity contribution in [2.24, 2.45) is 0 Å². The fraction of sp³-hybridized carbons (Fsp3) is 0.250. The van der Waals surface area contributed by atoms with E-state index in [2.05, 4.69) is 10.1 Å². The lowest BCUT2D eigenvalue weighted by molar-refractivity contribution is -0.132. The van der Waals surface area contributed by atoms with Gasteiger partial charge in [0.2, 0.25) is 0 Å². The average Bonchev–Trinajstić information content (AvgIpc) is 3.17. The first kappa shape index (κ1) is 18.9. The Morgan fingerprint density at radius 3 is 2.48 bits per heavy atom. The Kier molecular flexibility index (Phi) is 6.08. The first-order chi connectivity index (χ1) is 13.0. The first-order valence-electron chi connectivity index (χ1n) is 8.59. The maximum absolute atomic E-state index is 12.3. The Morgan fingerprint density at radius 1 is 1.15 bits per heavy atom. The highest BCUT2D eigenvalue weighted by Gasteiger charge is 2.11. The number of benzene rings is 2. The summed E-state index contributed by atoms with van der Waals surface area (Å²) in [5.41, 5.74) is 1.81. The monoisotopic (exact) mass is 385 g/mol. The molecule has 0 saturated heterocycles. The van der Waals surface area contributed by atoms with Gasteiger partial charge in [0.25, 0.3) is 11.8 Å². The third-order valence-corrected chi connectivity index (χ3v) is 4.26. The Bertz CT molecular complexity index is 892. The second-order valence-electron chi connectivity index (χ2n) is 6.06. The molecule has 0 N–H and O–H groups in total. The van der Waals surface area contributed by atoms with E-state index >= 15 is 0 Å². The minimum atomic E-state index is -0.112. The molecule has 0 aliphatic rings. The van der Waals surface area contributed by atoms with Crippen LogP contribution >= 0.6 is 11.6 Å². The molecule has 140 valence electrons. The van der Waals surface area contributed by atoms with Gasteiger partial charge in [0.1, 0.15) is 5.75 Å². The molecule has 0 radical (unpaired) electrons. The third-order valence-electron chi connectivity index (χ3n) is 4.01. The zero-order chi connectivity index (χ0) is 19.2. The fourth-order valence-corrected chi connectivity index (χ4v) is 2.54. The molecule has 7 heteroatoms. The topological polar surface area (TPSA) is 68.5 Å². The van der Waals surface area contributed by atoms with E-state index in [9.17, 15) is 4.79 Å². The number of aromatic nitrogens is 2. The van der Waals surface area contributed by atoms with Gasteiger partial charge >= 0.3 is 0 Å². The lowest BCUT2D eigenvalue weighted by Crippen LogP contribution is -2.30. The van der Waals surface area contributed by atoms with Gasteiger partial charge in [-0.1, -0.05) is 35.8 Å². The predicted molar refractivity (Wildman–Crippen MR) is 103 cm³/mol. The Morgan fingerprint density at radius 2 is 1.85 bits per heavy atom. The molecule has 1 heterocycles. The highest BCUT2D eigenvalue weighted by atomic mass is 35.5. The summed E-state index contributed by atoms with van der Waals surface area (Å²) in [7, 11) is 1.74. The Labute approximate surface area is 162 Å². The molecule has 0 aliphatic heterocycles. The molecule has 1 amide bonds. The summed E-state index contributed by atoms with van der Waals surface area (Å²) < 4.78 is 10.8. The van der Waals surface area contributed by atoms with Crippen LogP contribution in [-0.2, 0) is 17.8 Å². The third kappa shape index (κ3) is 5.08. The molecule has 6 nitrogen and oxygen atoms in total. The van der Waals surface area contributed by atoms with Crippen molar-refractivity contribution in [3.8, 4) is 17.2 Å². The van der Waals surface area contributed by atoms with Crippen molar-refractivity contribution in [1.82, 2.24) is 15.0 Å². The van der Waals surface area contributed by atoms with E-state index in [-0.39, 0.29) is 12.5 Å². The number of hydrogen-bond acceptors (Lipinski definition) is 5. The van der Waals surface area contributed by atoms with Crippen molar-refractivity contribution in [2.75, 3.05) is 13.7 Å². The molecule has 3 aromatic rings. The zero-order valence-electron chi connectivity index (χ0n) is 15.2. The van der Waals surface area contributed by atoms with Gasteiger partial charge in [-0.05, 0) is 42.0 Å². The number of rotatable bonds is 7. The SMILES string of the molecule is CCc1noc(-c2ccc(OCC(=O)N(C)Cc3ccc(Cl)cc3)cc2)n1. The minimum absolute atomic E-state index is 0.0377. The number of carbonyl (C=O) groups is 1. The summed E-state index contributed by atoms with van der Waals surface area (Å²) in [6.07, 6.45) is 0.719. The fourth-order valence-electron chi connectivity index (χ4n) is 2.42. The molecule has 1 aromatic heterocycles. The maximum Gasteiger partial charge on any atom is 0.260 e. The molecule has 27 heavy (non-hydrogen) atoms. The van der Waals surface area contributed by atoms with Gasteiger partial charge in [-0.25, -0.2) is 0 Å². The van der Waals surface area contributed by atoms with Crippen LogP contribution in [0.1, 0.15) is 18.3 Å². The summed E-state index contributed by atoms with van der Waals surface area (Å²) in [5.74, 6) is 1.62. The Balaban J connectivity index is 1.52. The van der Waals surface area contributed by atoms with Crippen LogP contribution in [0.2, 0.25) is 5.02 Å². The number of aryl methyl sites for hydroxylation is 1. The van der Waals surface area contributed by atoms with Gasteiger partial charge in [-0.3, -0.25) is 4.79 Å². The van der Waals surface area contributed by atoms with E-state index in [0.29, 0.717) is 29.0 Å². The molecule has 0 fully saturated rings. The number of nitrogens with zero attached hydrogens (tertiary/aromatic N) is 3. The van der Waals surface area contributed by atoms with Crippen LogP contribution in [0.5, 0.6) is 5.75 Å². The van der Waals surface area contributed by atoms with E-state index in [4.69, 9.17) is 20.9 Å². The van der Waals surface area contributed by atoms with Crippen LogP contribution in [0.15, 0.2) is 53.1 Å². The lowest BCUT2D eigenvalue weighted by atomic mass is 10.2. The molecule has 0 bridgehead atoms. The molecule has 0 aliphatic carbocycles. The van der Waals surface area contributed by atoms with E-state index in [1.54, 1.807) is 36.2 Å². The van der Waals surface area contributed by atoms with Gasteiger partial charge in [0.05, 0.1) is 0 Å². The largest absolute Gasteiger partial charge is 0.484 e. The smallest absolute Gasteiger partial charge is 0.260 e. The number of carbonyl (C=O) groups excluding carboxylic acids is 1. The second-order valence-corrected chi connectivity index (χ2v) is 6.50. The summed E-state index contributed by atoms with van der Waals surface area (Å²) in [4.78, 5) is 18.2. The number of ether oxygens (including phenoxy) is 1. The van der Waals surface area contributed by atoms with Gasteiger partial charge < -0.3 is 14.2 Å². The van der Waals surface area contributed by atoms with Crippen LogP contribution < -0.4 is 4.74 Å². The summed E-state index contributed by atoms with van der Waals surface area (Å²) in [6, 6.07) is 14.6.